The van der Waals surface area contributed by atoms with Crippen LogP contribution in [-0.2, 0) is 13.6 Å². The molecule has 0 saturated carbocycles. The van der Waals surface area contributed by atoms with Crippen LogP contribution in [0.3, 0.4) is 0 Å². The molecule has 0 atom stereocenters. The van der Waals surface area contributed by atoms with E-state index in [-0.39, 0.29) is 5.91 Å². The van der Waals surface area contributed by atoms with Gasteiger partial charge in [-0.05, 0) is 36.4 Å². The van der Waals surface area contributed by atoms with Gasteiger partial charge in [0.1, 0.15) is 0 Å². The third-order valence-corrected chi connectivity index (χ3v) is 4.66. The molecule has 25 heavy (non-hydrogen) atoms. The van der Waals surface area contributed by atoms with Crippen LogP contribution < -0.4 is 0 Å². The Morgan fingerprint density at radius 3 is 2.60 bits per heavy atom. The molecule has 1 aromatic carbocycles. The van der Waals surface area contributed by atoms with E-state index >= 15 is 0 Å². The molecule has 2 aromatic heterocycles. The second-order valence-corrected chi connectivity index (χ2v) is 7.04. The van der Waals surface area contributed by atoms with Crippen LogP contribution in [0.15, 0.2) is 49.1 Å². The van der Waals surface area contributed by atoms with E-state index in [1.165, 1.54) is 9.67 Å². The van der Waals surface area contributed by atoms with Crippen molar-refractivity contribution in [2.24, 2.45) is 7.05 Å². The molecule has 3 aromatic rings. The molecule has 0 spiro atoms. The van der Waals surface area contributed by atoms with E-state index in [9.17, 15) is 4.79 Å². The van der Waals surface area contributed by atoms with Gasteiger partial charge in [0.2, 0.25) is 5.82 Å². The lowest BCUT2D eigenvalue weighted by Crippen LogP contribution is -2.30. The summed E-state index contributed by atoms with van der Waals surface area (Å²) in [5.41, 5.74) is 1.46. The van der Waals surface area contributed by atoms with Crippen LogP contribution in [0.2, 0.25) is 0 Å². The number of benzene rings is 1. The van der Waals surface area contributed by atoms with Gasteiger partial charge in [-0.2, -0.15) is 4.80 Å². The number of hydrogen-bond acceptors (Lipinski definition) is 5. The van der Waals surface area contributed by atoms with Crippen LogP contribution in [0.5, 0.6) is 0 Å². The second-order valence-electron chi connectivity index (χ2n) is 5.67. The molecule has 3 rings (SSSR count). The van der Waals surface area contributed by atoms with Crippen molar-refractivity contribution in [3.8, 4) is 11.4 Å². The fraction of sp³-hybridized carbons (Fsp3) is 0.222. The second kappa shape index (κ2) is 7.40. The summed E-state index contributed by atoms with van der Waals surface area (Å²) in [5, 5.41) is 12.0. The van der Waals surface area contributed by atoms with Crippen molar-refractivity contribution in [2.45, 2.75) is 13.5 Å². The van der Waals surface area contributed by atoms with Gasteiger partial charge in [0, 0.05) is 27.4 Å². The number of aryl methyl sites for hydroxylation is 2. The summed E-state index contributed by atoms with van der Waals surface area (Å²) in [7, 11) is 1.72. The molecule has 0 saturated heterocycles. The number of thiophene rings is 1. The van der Waals surface area contributed by atoms with Gasteiger partial charge in [-0.25, -0.2) is 0 Å². The minimum Gasteiger partial charge on any atom is -0.330 e. The highest BCUT2D eigenvalue weighted by molar-refractivity contribution is 7.11. The highest BCUT2D eigenvalue weighted by Gasteiger charge is 2.16. The van der Waals surface area contributed by atoms with Crippen LogP contribution in [0.25, 0.3) is 11.4 Å². The van der Waals surface area contributed by atoms with E-state index in [1.807, 2.05) is 12.1 Å². The van der Waals surface area contributed by atoms with Gasteiger partial charge in [0.25, 0.3) is 5.91 Å². The van der Waals surface area contributed by atoms with Gasteiger partial charge in [-0.3, -0.25) is 4.79 Å². The van der Waals surface area contributed by atoms with Gasteiger partial charge in [-0.15, -0.1) is 28.1 Å². The first kappa shape index (κ1) is 17.0. The average molecular weight is 353 g/mol. The van der Waals surface area contributed by atoms with Gasteiger partial charge in [0.05, 0.1) is 13.6 Å². The maximum absolute atomic E-state index is 12.8. The molecule has 7 heteroatoms. The smallest absolute Gasteiger partial charge is 0.254 e. The molecule has 6 nitrogen and oxygen atoms in total. The maximum atomic E-state index is 12.8. The zero-order valence-electron chi connectivity index (χ0n) is 14.2. The summed E-state index contributed by atoms with van der Waals surface area (Å²) in [5.74, 6) is 0.517. The normalized spacial score (nSPS) is 10.6. The molecule has 0 bridgehead atoms. The number of nitrogens with zero attached hydrogens (tertiary/aromatic N) is 5. The summed E-state index contributed by atoms with van der Waals surface area (Å²) >= 11 is 1.70. The molecule has 0 N–H and O–H groups in total. The number of carbonyl (C=O) groups is 1. The molecule has 0 aliphatic rings. The predicted octanol–water partition coefficient (Wildman–Crippen LogP) is 3.08. The first-order valence-electron chi connectivity index (χ1n) is 7.86. The summed E-state index contributed by atoms with van der Waals surface area (Å²) in [6.07, 6.45) is 1.75. The van der Waals surface area contributed by atoms with Crippen LogP contribution in [0.4, 0.5) is 0 Å². The molecule has 1 amide bonds. The molecule has 0 radical (unpaired) electrons. The predicted molar refractivity (Wildman–Crippen MR) is 98.2 cm³/mol. The number of hydrogen-bond donors (Lipinski definition) is 0. The molecule has 0 aliphatic carbocycles. The van der Waals surface area contributed by atoms with Crippen molar-refractivity contribution in [2.75, 3.05) is 6.54 Å². The molecule has 2 heterocycles. The van der Waals surface area contributed by atoms with Crippen molar-refractivity contribution in [3.05, 3.63) is 64.4 Å². The van der Waals surface area contributed by atoms with E-state index in [2.05, 4.69) is 41.0 Å². The zero-order valence-corrected chi connectivity index (χ0v) is 15.0. The Labute approximate surface area is 150 Å². The number of aromatic nitrogens is 4. The van der Waals surface area contributed by atoms with E-state index in [4.69, 9.17) is 0 Å². The van der Waals surface area contributed by atoms with Gasteiger partial charge in [-0.1, -0.05) is 18.2 Å². The van der Waals surface area contributed by atoms with E-state index in [0.717, 1.165) is 10.4 Å². The topological polar surface area (TPSA) is 63.9 Å². The van der Waals surface area contributed by atoms with Crippen LogP contribution in [-0.4, -0.2) is 37.6 Å². The Bertz CT molecular complexity index is 881. The first-order valence-corrected chi connectivity index (χ1v) is 8.68. The lowest BCUT2D eigenvalue weighted by Gasteiger charge is -2.20. The first-order chi connectivity index (χ1) is 12.1. The number of rotatable bonds is 6. The lowest BCUT2D eigenvalue weighted by atomic mass is 10.1. The standard InChI is InChI=1S/C18H19N5OS/c1-4-11-23(12-16-10-5-13(2)25-16)18(24)15-8-6-14(7-9-15)17-19-21-22(3)20-17/h4-10H,1,11-12H2,2-3H3. The Kier molecular flexibility index (Phi) is 5.04. The molecule has 0 unspecified atom stereocenters. The summed E-state index contributed by atoms with van der Waals surface area (Å²) in [6, 6.07) is 11.4. The largest absolute Gasteiger partial charge is 0.330 e. The summed E-state index contributed by atoms with van der Waals surface area (Å²) < 4.78 is 0. The molecular formula is C18H19N5OS. The quantitative estimate of drug-likeness (QED) is 0.639. The van der Waals surface area contributed by atoms with Crippen molar-refractivity contribution < 1.29 is 4.79 Å². The van der Waals surface area contributed by atoms with Crippen LogP contribution in [0, 0.1) is 6.92 Å². The highest BCUT2D eigenvalue weighted by Crippen LogP contribution is 2.20. The van der Waals surface area contributed by atoms with Gasteiger partial charge in [0.15, 0.2) is 0 Å². The molecule has 0 aliphatic heterocycles. The maximum Gasteiger partial charge on any atom is 0.254 e. The van der Waals surface area contributed by atoms with E-state index in [1.54, 1.807) is 41.5 Å². The van der Waals surface area contributed by atoms with Gasteiger partial charge >= 0.3 is 0 Å². The third kappa shape index (κ3) is 4.00. The highest BCUT2D eigenvalue weighted by atomic mass is 32.1. The average Bonchev–Trinajstić information content (AvgIpc) is 3.22. The molecular weight excluding hydrogens is 334 g/mol. The minimum atomic E-state index is -0.0235. The lowest BCUT2D eigenvalue weighted by molar-refractivity contribution is 0.0764. The van der Waals surface area contributed by atoms with Gasteiger partial charge < -0.3 is 4.90 Å². The fourth-order valence-corrected chi connectivity index (χ4v) is 3.38. The number of amides is 1. The zero-order chi connectivity index (χ0) is 17.8. The van der Waals surface area contributed by atoms with Crippen molar-refractivity contribution in [1.82, 2.24) is 25.1 Å². The Morgan fingerprint density at radius 2 is 2.04 bits per heavy atom. The van der Waals surface area contributed by atoms with E-state index < -0.39 is 0 Å². The molecule has 0 fully saturated rings. The van der Waals surface area contributed by atoms with Crippen LogP contribution in [0.1, 0.15) is 20.1 Å². The number of tetrazole rings is 1. The monoisotopic (exact) mass is 353 g/mol. The summed E-state index contributed by atoms with van der Waals surface area (Å²) in [4.78, 5) is 18.4. The van der Waals surface area contributed by atoms with Crippen molar-refractivity contribution >= 4 is 17.2 Å². The summed E-state index contributed by atoms with van der Waals surface area (Å²) in [6.45, 7) is 6.91. The van der Waals surface area contributed by atoms with Crippen LogP contribution >= 0.6 is 11.3 Å². The number of carbonyl (C=O) groups excluding carboxylic acids is 1. The Balaban J connectivity index is 1.78. The fourth-order valence-electron chi connectivity index (χ4n) is 2.48. The van der Waals surface area contributed by atoms with Crippen molar-refractivity contribution in [3.63, 3.8) is 0 Å². The molecule has 128 valence electrons. The van der Waals surface area contributed by atoms with Crippen molar-refractivity contribution in [1.29, 1.82) is 0 Å². The minimum absolute atomic E-state index is 0.0235. The van der Waals surface area contributed by atoms with E-state index in [0.29, 0.717) is 24.5 Å². The third-order valence-electron chi connectivity index (χ3n) is 3.68. The Morgan fingerprint density at radius 1 is 1.28 bits per heavy atom. The SMILES string of the molecule is C=CCN(Cc1ccc(C)s1)C(=O)c1ccc(-c2nnn(C)n2)cc1. The Hall–Kier alpha value is -2.80.